The van der Waals surface area contributed by atoms with Crippen molar-refractivity contribution >= 4 is 7.12 Å². The third-order valence-corrected chi connectivity index (χ3v) is 3.76. The van der Waals surface area contributed by atoms with Gasteiger partial charge in [0.25, 0.3) is 0 Å². The molecule has 0 bridgehead atoms. The Morgan fingerprint density at radius 2 is 1.47 bits per heavy atom. The van der Waals surface area contributed by atoms with E-state index in [0.717, 1.165) is 16.6 Å². The molecule has 0 radical (unpaired) electrons. The Morgan fingerprint density at radius 1 is 1.05 bits per heavy atom. The Hall–Kier alpha value is -0.995. The number of hydrogen-bond acceptors (Lipinski definition) is 3. The third-order valence-electron chi connectivity index (χ3n) is 3.76. The van der Waals surface area contributed by atoms with E-state index in [-0.39, 0.29) is 11.2 Å². The highest BCUT2D eigenvalue weighted by molar-refractivity contribution is 6.56. The fraction of sp³-hybridized carbons (Fsp3) is 0.600. The Morgan fingerprint density at radius 3 is 1.79 bits per heavy atom. The zero-order valence-corrected chi connectivity index (χ0v) is 13.3. The summed E-state index contributed by atoms with van der Waals surface area (Å²) in [7, 11) is -0.448. The van der Waals surface area contributed by atoms with Gasteiger partial charge in [0, 0.05) is 11.2 Å². The number of hydrogen-bond donors (Lipinski definition) is 1. The van der Waals surface area contributed by atoms with Crippen LogP contribution in [0.1, 0.15) is 48.5 Å². The molecule has 1 rings (SSSR count). The van der Waals surface area contributed by atoms with Crippen LogP contribution in [0.3, 0.4) is 0 Å². The quantitative estimate of drug-likeness (QED) is 0.627. The van der Waals surface area contributed by atoms with Crippen molar-refractivity contribution in [3.05, 3.63) is 35.0 Å². The van der Waals surface area contributed by atoms with Crippen LogP contribution in [0, 0.1) is 0 Å². The maximum Gasteiger partial charge on any atom is 0.496 e. The standard InChI is InChI=1S/C15H26BNO2/c1-10(2)9-12(13(17)11(3)4)16-18-14(5,6)15(7,8)19-16/h9H,1,17H2,2-8H3/b12-9+. The molecule has 1 heterocycles. The Balaban J connectivity index is 3.18. The van der Waals surface area contributed by atoms with Gasteiger partial charge in [0.1, 0.15) is 0 Å². The summed E-state index contributed by atoms with van der Waals surface area (Å²) in [4.78, 5) is 0. The molecular formula is C15H26BNO2. The van der Waals surface area contributed by atoms with E-state index in [9.17, 15) is 0 Å². The second kappa shape index (κ2) is 5.18. The third kappa shape index (κ3) is 3.31. The monoisotopic (exact) mass is 263 g/mol. The van der Waals surface area contributed by atoms with Gasteiger partial charge in [-0.2, -0.15) is 0 Å². The van der Waals surface area contributed by atoms with E-state index < -0.39 is 7.12 Å². The van der Waals surface area contributed by atoms with E-state index in [0.29, 0.717) is 5.70 Å². The lowest BCUT2D eigenvalue weighted by atomic mass is 9.74. The molecule has 0 aromatic rings. The maximum atomic E-state index is 6.18. The van der Waals surface area contributed by atoms with E-state index in [1.165, 1.54) is 0 Å². The van der Waals surface area contributed by atoms with Crippen molar-refractivity contribution in [1.82, 2.24) is 0 Å². The normalized spacial score (nSPS) is 21.4. The Bertz CT molecular complexity index is 427. The minimum absolute atomic E-state index is 0.367. The van der Waals surface area contributed by atoms with Gasteiger partial charge in [-0.05, 0) is 48.5 Å². The van der Waals surface area contributed by atoms with Crippen molar-refractivity contribution in [2.24, 2.45) is 5.73 Å². The number of allylic oxidation sites excluding steroid dienone is 4. The van der Waals surface area contributed by atoms with Gasteiger partial charge in [-0.1, -0.05) is 23.8 Å². The van der Waals surface area contributed by atoms with Crippen molar-refractivity contribution in [3.63, 3.8) is 0 Å². The SMILES string of the molecule is C=C(C)/C=C(/B1OC(C)(C)C(C)(C)O1)C(N)=C(C)C. The Kier molecular flexibility index (Phi) is 4.38. The second-order valence-electron chi connectivity index (χ2n) is 6.45. The first-order chi connectivity index (χ1) is 8.48. The smallest absolute Gasteiger partial charge is 0.399 e. The first-order valence-corrected chi connectivity index (χ1v) is 6.64. The molecule has 0 spiro atoms. The fourth-order valence-electron chi connectivity index (χ4n) is 1.80. The summed E-state index contributed by atoms with van der Waals surface area (Å²) in [5, 5.41) is 0. The van der Waals surface area contributed by atoms with Crippen LogP contribution in [0.5, 0.6) is 0 Å². The van der Waals surface area contributed by atoms with Gasteiger partial charge < -0.3 is 15.0 Å². The molecule has 0 aromatic carbocycles. The summed E-state index contributed by atoms with van der Waals surface area (Å²) in [6.07, 6.45) is 1.94. The van der Waals surface area contributed by atoms with Crippen LogP contribution in [0.2, 0.25) is 0 Å². The molecule has 19 heavy (non-hydrogen) atoms. The lowest BCUT2D eigenvalue weighted by Crippen LogP contribution is -2.41. The summed E-state index contributed by atoms with van der Waals surface area (Å²) in [5.74, 6) is 0. The van der Waals surface area contributed by atoms with Crippen LogP contribution in [0.4, 0.5) is 0 Å². The van der Waals surface area contributed by atoms with Gasteiger partial charge in [-0.15, -0.1) is 0 Å². The predicted octanol–water partition coefficient (Wildman–Crippen LogP) is 3.37. The van der Waals surface area contributed by atoms with Crippen molar-refractivity contribution in [1.29, 1.82) is 0 Å². The van der Waals surface area contributed by atoms with Gasteiger partial charge in [-0.3, -0.25) is 0 Å². The molecule has 1 fully saturated rings. The average molecular weight is 263 g/mol. The van der Waals surface area contributed by atoms with Crippen molar-refractivity contribution in [2.45, 2.75) is 59.7 Å². The van der Waals surface area contributed by atoms with Crippen LogP contribution < -0.4 is 5.73 Å². The van der Waals surface area contributed by atoms with Gasteiger partial charge >= 0.3 is 7.12 Å². The van der Waals surface area contributed by atoms with Crippen molar-refractivity contribution in [2.75, 3.05) is 0 Å². The Labute approximate surface area is 117 Å². The van der Waals surface area contributed by atoms with Gasteiger partial charge in [0.2, 0.25) is 0 Å². The zero-order valence-electron chi connectivity index (χ0n) is 13.3. The summed E-state index contributed by atoms with van der Waals surface area (Å²) in [5.41, 5.74) is 8.97. The van der Waals surface area contributed by atoms with E-state index in [1.807, 2.05) is 54.5 Å². The minimum atomic E-state index is -0.448. The van der Waals surface area contributed by atoms with E-state index in [1.54, 1.807) is 0 Å². The second-order valence-corrected chi connectivity index (χ2v) is 6.45. The topological polar surface area (TPSA) is 44.5 Å². The molecule has 0 atom stereocenters. The van der Waals surface area contributed by atoms with Crippen molar-refractivity contribution in [3.8, 4) is 0 Å². The summed E-state index contributed by atoms with van der Waals surface area (Å²) in [6.45, 7) is 17.9. The van der Waals surface area contributed by atoms with E-state index >= 15 is 0 Å². The highest BCUT2D eigenvalue weighted by atomic mass is 16.7. The zero-order chi connectivity index (χ0) is 15.0. The first kappa shape index (κ1) is 16.1. The first-order valence-electron chi connectivity index (χ1n) is 6.64. The molecule has 0 aliphatic carbocycles. The van der Waals surface area contributed by atoms with Crippen LogP contribution in [0.15, 0.2) is 35.0 Å². The minimum Gasteiger partial charge on any atom is -0.399 e. The van der Waals surface area contributed by atoms with Crippen LogP contribution in [0.25, 0.3) is 0 Å². The lowest BCUT2D eigenvalue weighted by Gasteiger charge is -2.32. The molecular weight excluding hydrogens is 237 g/mol. The summed E-state index contributed by atoms with van der Waals surface area (Å²) in [6, 6.07) is 0. The molecule has 0 amide bonds. The van der Waals surface area contributed by atoms with Crippen molar-refractivity contribution < 1.29 is 9.31 Å². The van der Waals surface area contributed by atoms with Crippen LogP contribution in [-0.2, 0) is 9.31 Å². The fourth-order valence-corrected chi connectivity index (χ4v) is 1.80. The largest absolute Gasteiger partial charge is 0.496 e. The predicted molar refractivity (Wildman–Crippen MR) is 81.5 cm³/mol. The molecule has 0 saturated carbocycles. The van der Waals surface area contributed by atoms with Crippen LogP contribution in [-0.4, -0.2) is 18.3 Å². The lowest BCUT2D eigenvalue weighted by molar-refractivity contribution is 0.00578. The highest BCUT2D eigenvalue weighted by Gasteiger charge is 2.52. The summed E-state index contributed by atoms with van der Waals surface area (Å²) >= 11 is 0. The molecule has 3 nitrogen and oxygen atoms in total. The molecule has 106 valence electrons. The average Bonchev–Trinajstić information content (AvgIpc) is 2.43. The van der Waals surface area contributed by atoms with Gasteiger partial charge in [0.05, 0.1) is 11.2 Å². The molecule has 1 aliphatic heterocycles. The maximum absolute atomic E-state index is 6.18. The van der Waals surface area contributed by atoms with Gasteiger partial charge in [0.15, 0.2) is 0 Å². The molecule has 1 saturated heterocycles. The molecule has 1 aliphatic rings. The molecule has 4 heteroatoms. The molecule has 2 N–H and O–H groups in total. The number of rotatable bonds is 3. The van der Waals surface area contributed by atoms with Crippen LogP contribution >= 0.6 is 0 Å². The summed E-state index contributed by atoms with van der Waals surface area (Å²) < 4.78 is 12.1. The highest BCUT2D eigenvalue weighted by Crippen LogP contribution is 2.39. The van der Waals surface area contributed by atoms with E-state index in [2.05, 4.69) is 6.58 Å². The molecule has 0 unspecified atom stereocenters. The van der Waals surface area contributed by atoms with Gasteiger partial charge in [-0.25, -0.2) is 0 Å². The number of nitrogens with two attached hydrogens (primary N) is 1. The molecule has 0 aromatic heterocycles. The van der Waals surface area contributed by atoms with E-state index in [4.69, 9.17) is 15.0 Å².